The van der Waals surface area contributed by atoms with Gasteiger partial charge in [0, 0.05) is 19.3 Å². The summed E-state index contributed by atoms with van der Waals surface area (Å²) in [7, 11) is 1.68. The zero-order valence-corrected chi connectivity index (χ0v) is 14.7. The predicted molar refractivity (Wildman–Crippen MR) is 99.4 cm³/mol. The third kappa shape index (κ3) is 4.77. The van der Waals surface area contributed by atoms with Gasteiger partial charge in [0.2, 0.25) is 0 Å². The molecule has 1 N–H and O–H groups in total. The Balaban J connectivity index is 0.000000511. The van der Waals surface area contributed by atoms with Crippen LogP contribution in [-0.4, -0.2) is 31.1 Å². The van der Waals surface area contributed by atoms with Gasteiger partial charge >= 0.3 is 5.97 Å². The second-order valence-electron chi connectivity index (χ2n) is 5.97. The molecule has 2 aliphatic rings. The van der Waals surface area contributed by atoms with Gasteiger partial charge in [-0.25, -0.2) is 4.79 Å². The van der Waals surface area contributed by atoms with Gasteiger partial charge in [0.05, 0.1) is 0 Å². The molecule has 0 aromatic heterocycles. The molecule has 1 aromatic carbocycles. The fourth-order valence-corrected chi connectivity index (χ4v) is 3.11. The minimum absolute atomic E-state index is 0.489. The number of allylic oxidation sites excluding steroid dienone is 3. The van der Waals surface area contributed by atoms with Crippen molar-refractivity contribution >= 4 is 24.4 Å². The molecule has 2 aliphatic carbocycles. The molecule has 0 atom stereocenters. The van der Waals surface area contributed by atoms with Gasteiger partial charge in [-0.1, -0.05) is 24.3 Å². The third-order valence-corrected chi connectivity index (χ3v) is 4.43. The number of carbonyl (C=O) groups excluding carboxylic acids is 1. The Bertz CT molecular complexity index is 737. The first kappa shape index (κ1) is 18.9. The molecule has 25 heavy (non-hydrogen) atoms. The summed E-state index contributed by atoms with van der Waals surface area (Å²) < 4.78 is 4.54. The number of methoxy groups -OCH3 is 1. The summed E-state index contributed by atoms with van der Waals surface area (Å²) in [4.78, 5) is 21.5. The van der Waals surface area contributed by atoms with Crippen LogP contribution in [-0.2, 0) is 27.2 Å². The number of carbonyl (C=O) groups is 2. The zero-order chi connectivity index (χ0) is 18.2. The molecular formula is C21H24O4. The fraction of sp³-hybridized carbons (Fsp3) is 0.333. The molecule has 0 amide bonds. The van der Waals surface area contributed by atoms with E-state index in [4.69, 9.17) is 5.11 Å². The molecular weight excluding hydrogens is 316 g/mol. The van der Waals surface area contributed by atoms with E-state index in [-0.39, 0.29) is 0 Å². The Morgan fingerprint density at radius 2 is 1.72 bits per heavy atom. The fourth-order valence-electron chi connectivity index (χ4n) is 3.11. The van der Waals surface area contributed by atoms with E-state index in [0.29, 0.717) is 12.0 Å². The van der Waals surface area contributed by atoms with Crippen LogP contribution in [0.2, 0.25) is 0 Å². The van der Waals surface area contributed by atoms with Crippen molar-refractivity contribution in [2.24, 2.45) is 0 Å². The lowest BCUT2D eigenvalue weighted by Crippen LogP contribution is -2.11. The molecule has 1 aromatic rings. The van der Waals surface area contributed by atoms with Crippen LogP contribution in [0.4, 0.5) is 0 Å². The number of carboxylic acid groups (broad SMARTS) is 1. The van der Waals surface area contributed by atoms with E-state index >= 15 is 0 Å². The SMILES string of the molecule is CCOC.O=C/C=C/C1=Cc2ccc3c(c2CC1)CCC(C(=O)O)=C3. The number of hydrogen-bond donors (Lipinski definition) is 1. The zero-order valence-electron chi connectivity index (χ0n) is 14.7. The lowest BCUT2D eigenvalue weighted by atomic mass is 9.82. The van der Waals surface area contributed by atoms with Crippen LogP contribution < -0.4 is 0 Å². The molecule has 132 valence electrons. The number of ether oxygens (including phenoxy) is 1. The van der Waals surface area contributed by atoms with Gasteiger partial charge in [0.25, 0.3) is 0 Å². The van der Waals surface area contributed by atoms with E-state index in [2.05, 4.69) is 10.8 Å². The highest BCUT2D eigenvalue weighted by Crippen LogP contribution is 2.34. The number of carboxylic acids is 1. The summed E-state index contributed by atoms with van der Waals surface area (Å²) in [5, 5.41) is 9.11. The van der Waals surface area contributed by atoms with Crippen LogP contribution in [0.5, 0.6) is 0 Å². The van der Waals surface area contributed by atoms with Crippen LogP contribution in [0.1, 0.15) is 42.0 Å². The maximum atomic E-state index is 11.1. The Labute approximate surface area is 148 Å². The first-order valence-corrected chi connectivity index (χ1v) is 8.50. The second-order valence-corrected chi connectivity index (χ2v) is 5.97. The van der Waals surface area contributed by atoms with E-state index in [9.17, 15) is 9.59 Å². The van der Waals surface area contributed by atoms with Crippen LogP contribution in [0.3, 0.4) is 0 Å². The summed E-state index contributed by atoms with van der Waals surface area (Å²) in [6.07, 6.45) is 11.4. The molecule has 0 bridgehead atoms. The quantitative estimate of drug-likeness (QED) is 0.668. The minimum Gasteiger partial charge on any atom is -0.478 e. The number of hydrogen-bond acceptors (Lipinski definition) is 3. The van der Waals surface area contributed by atoms with E-state index in [1.54, 1.807) is 13.2 Å². The third-order valence-electron chi connectivity index (χ3n) is 4.43. The standard InChI is InChI=1S/C18H16O3.C3H8O/c19-9-1-2-12-3-7-16-13(10-12)4-5-14-11-15(18(20)21)6-8-17(14)16;1-3-4-2/h1-2,4-5,9-11H,3,6-8H2,(H,20,21);3H2,1-2H3/b2-1+;. The molecule has 0 saturated carbocycles. The van der Waals surface area contributed by atoms with Crippen LogP contribution in [0.15, 0.2) is 35.4 Å². The van der Waals surface area contributed by atoms with Crippen molar-refractivity contribution in [2.45, 2.75) is 32.6 Å². The average molecular weight is 340 g/mol. The molecule has 4 heteroatoms. The number of aliphatic carboxylic acids is 1. The maximum absolute atomic E-state index is 11.1. The van der Waals surface area contributed by atoms with Crippen molar-refractivity contribution in [1.82, 2.24) is 0 Å². The highest BCUT2D eigenvalue weighted by molar-refractivity contribution is 5.93. The van der Waals surface area contributed by atoms with Gasteiger partial charge in [-0.3, -0.25) is 4.79 Å². The molecule has 0 heterocycles. The Morgan fingerprint density at radius 1 is 1.12 bits per heavy atom. The molecule has 0 spiro atoms. The molecule has 3 rings (SSSR count). The largest absolute Gasteiger partial charge is 0.478 e. The predicted octanol–water partition coefficient (Wildman–Crippen LogP) is 3.84. The monoisotopic (exact) mass is 340 g/mol. The van der Waals surface area contributed by atoms with Crippen LogP contribution in [0, 0.1) is 0 Å². The van der Waals surface area contributed by atoms with Crippen LogP contribution in [0.25, 0.3) is 12.2 Å². The van der Waals surface area contributed by atoms with Gasteiger partial charge in [0.15, 0.2) is 0 Å². The molecule has 4 nitrogen and oxygen atoms in total. The van der Waals surface area contributed by atoms with Crippen molar-refractivity contribution in [3.63, 3.8) is 0 Å². The smallest absolute Gasteiger partial charge is 0.331 e. The van der Waals surface area contributed by atoms with E-state index in [0.717, 1.165) is 43.3 Å². The van der Waals surface area contributed by atoms with E-state index in [1.165, 1.54) is 22.8 Å². The lowest BCUT2D eigenvalue weighted by Gasteiger charge is -2.23. The molecule has 0 unspecified atom stereocenters. The Morgan fingerprint density at radius 3 is 2.28 bits per heavy atom. The second kappa shape index (κ2) is 9.14. The maximum Gasteiger partial charge on any atom is 0.331 e. The topological polar surface area (TPSA) is 63.6 Å². The van der Waals surface area contributed by atoms with Gasteiger partial charge in [0.1, 0.15) is 6.29 Å². The molecule has 0 radical (unpaired) electrons. The van der Waals surface area contributed by atoms with Crippen molar-refractivity contribution in [2.75, 3.05) is 13.7 Å². The highest BCUT2D eigenvalue weighted by atomic mass is 16.5. The van der Waals surface area contributed by atoms with Gasteiger partial charge in [-0.15, -0.1) is 0 Å². The van der Waals surface area contributed by atoms with Gasteiger partial charge in [-0.05, 0) is 72.6 Å². The van der Waals surface area contributed by atoms with Crippen molar-refractivity contribution < 1.29 is 19.4 Å². The van der Waals surface area contributed by atoms with Crippen molar-refractivity contribution in [3.05, 3.63) is 57.7 Å². The summed E-state index contributed by atoms with van der Waals surface area (Å²) in [5.74, 6) is -0.820. The number of benzene rings is 1. The highest BCUT2D eigenvalue weighted by Gasteiger charge is 2.20. The van der Waals surface area contributed by atoms with E-state index < -0.39 is 5.97 Å². The Hall–Kier alpha value is -2.46. The van der Waals surface area contributed by atoms with Gasteiger partial charge < -0.3 is 9.84 Å². The Kier molecular flexibility index (Phi) is 6.90. The van der Waals surface area contributed by atoms with Crippen molar-refractivity contribution in [1.29, 1.82) is 0 Å². The number of aldehydes is 1. The number of fused-ring (bicyclic) bond motifs is 3. The molecule has 0 fully saturated rings. The first-order chi connectivity index (χ1) is 12.1. The molecule has 0 saturated heterocycles. The summed E-state index contributed by atoms with van der Waals surface area (Å²) in [6, 6.07) is 4.04. The number of rotatable bonds is 4. The summed E-state index contributed by atoms with van der Waals surface area (Å²) in [6.45, 7) is 2.78. The normalized spacial score (nSPS) is 15.3. The van der Waals surface area contributed by atoms with E-state index in [1.807, 2.05) is 25.1 Å². The first-order valence-electron chi connectivity index (χ1n) is 8.50. The van der Waals surface area contributed by atoms with Crippen LogP contribution >= 0.6 is 0 Å². The molecule has 0 aliphatic heterocycles. The van der Waals surface area contributed by atoms with Crippen molar-refractivity contribution in [3.8, 4) is 0 Å². The average Bonchev–Trinajstić information content (AvgIpc) is 2.65. The lowest BCUT2D eigenvalue weighted by molar-refractivity contribution is -0.132. The minimum atomic E-state index is -0.820. The summed E-state index contributed by atoms with van der Waals surface area (Å²) in [5.41, 5.74) is 6.49. The summed E-state index contributed by atoms with van der Waals surface area (Å²) >= 11 is 0. The van der Waals surface area contributed by atoms with Gasteiger partial charge in [-0.2, -0.15) is 0 Å².